The van der Waals surface area contributed by atoms with Gasteiger partial charge >= 0.3 is 6.09 Å². The number of nitrogens with zero attached hydrogens (tertiary/aromatic N) is 1. The van der Waals surface area contributed by atoms with Crippen LogP contribution >= 0.6 is 11.3 Å². The van der Waals surface area contributed by atoms with E-state index in [1.807, 2.05) is 29.6 Å². The Morgan fingerprint density at radius 3 is 2.74 bits per heavy atom. The van der Waals surface area contributed by atoms with Crippen LogP contribution in [0.4, 0.5) is 9.18 Å². The SMILES string of the molecule is CNC(=O)OC1CCN(Cc2ccc(-c3c(OC)ccc4[nH]c(=O)c5sccc5c34)cc2F)CC1. The molecule has 0 saturated carbocycles. The van der Waals surface area contributed by atoms with Crippen LogP contribution in [0.25, 0.3) is 32.1 Å². The van der Waals surface area contributed by atoms with E-state index in [0.29, 0.717) is 33.6 Å². The lowest BCUT2D eigenvalue weighted by Gasteiger charge is -2.31. The molecule has 2 N–H and O–H groups in total. The maximum Gasteiger partial charge on any atom is 0.407 e. The number of fused-ring (bicyclic) bond motifs is 3. The molecule has 9 heteroatoms. The number of aromatic amines is 1. The highest BCUT2D eigenvalue weighted by Crippen LogP contribution is 2.40. The van der Waals surface area contributed by atoms with Crippen molar-refractivity contribution in [1.82, 2.24) is 15.2 Å². The fourth-order valence-electron chi connectivity index (χ4n) is 4.75. The second-order valence-electron chi connectivity index (χ2n) is 8.62. The number of benzene rings is 2. The predicted molar refractivity (Wildman–Crippen MR) is 136 cm³/mol. The summed E-state index contributed by atoms with van der Waals surface area (Å²) in [6.45, 7) is 1.93. The summed E-state index contributed by atoms with van der Waals surface area (Å²) < 4.78 is 26.9. The average molecular weight is 496 g/mol. The molecule has 0 bridgehead atoms. The Bertz CT molecular complexity index is 1460. The molecule has 5 rings (SSSR count). The maximum absolute atomic E-state index is 15.3. The molecule has 1 aliphatic heterocycles. The standard InChI is InChI=1S/C26H26FN3O4S/c1-28-26(32)34-17-7-10-30(11-8-17)14-16-4-3-15(13-19(16)27)22-21(33-2)6-5-20-23(22)18-9-12-35-24(18)25(31)29-20/h3-6,9,12-13,17H,7-8,10-11,14H2,1-2H3,(H,28,32)(H,29,31). The molecule has 1 aliphatic rings. The number of nitrogens with one attached hydrogen (secondary N) is 2. The number of hydrogen-bond donors (Lipinski definition) is 2. The fourth-order valence-corrected chi connectivity index (χ4v) is 5.55. The number of pyridine rings is 1. The molecule has 4 aromatic rings. The number of hydrogen-bond acceptors (Lipinski definition) is 6. The number of aromatic nitrogens is 1. The molecule has 182 valence electrons. The first-order valence-electron chi connectivity index (χ1n) is 11.5. The van der Waals surface area contributed by atoms with Crippen LogP contribution in [-0.4, -0.2) is 49.3 Å². The van der Waals surface area contributed by atoms with Gasteiger partial charge in [0.05, 0.1) is 7.11 Å². The zero-order valence-electron chi connectivity index (χ0n) is 19.5. The molecule has 1 fully saturated rings. The topological polar surface area (TPSA) is 83.7 Å². The molecule has 0 radical (unpaired) electrons. The lowest BCUT2D eigenvalue weighted by molar-refractivity contribution is 0.0496. The van der Waals surface area contributed by atoms with E-state index >= 15 is 4.39 Å². The number of carbonyl (C=O) groups is 1. The monoisotopic (exact) mass is 495 g/mol. The van der Waals surface area contributed by atoms with Crippen LogP contribution in [-0.2, 0) is 11.3 Å². The van der Waals surface area contributed by atoms with Crippen molar-refractivity contribution < 1.29 is 18.7 Å². The van der Waals surface area contributed by atoms with Crippen LogP contribution in [0.5, 0.6) is 5.75 Å². The van der Waals surface area contributed by atoms with Crippen LogP contribution in [0.1, 0.15) is 18.4 Å². The Balaban J connectivity index is 1.44. The van der Waals surface area contributed by atoms with Crippen LogP contribution in [0.2, 0.25) is 0 Å². The number of likely N-dealkylation sites (tertiary alicyclic amines) is 1. The Morgan fingerprint density at radius 1 is 1.23 bits per heavy atom. The minimum Gasteiger partial charge on any atom is -0.496 e. The van der Waals surface area contributed by atoms with Crippen molar-refractivity contribution in [2.45, 2.75) is 25.5 Å². The summed E-state index contributed by atoms with van der Waals surface area (Å²) in [6.07, 6.45) is 0.903. The first kappa shape index (κ1) is 23.3. The highest BCUT2D eigenvalue weighted by molar-refractivity contribution is 7.17. The largest absolute Gasteiger partial charge is 0.496 e. The first-order chi connectivity index (χ1) is 17.0. The summed E-state index contributed by atoms with van der Waals surface area (Å²) in [4.78, 5) is 29.0. The summed E-state index contributed by atoms with van der Waals surface area (Å²) in [5.41, 5.74) is 2.59. The summed E-state index contributed by atoms with van der Waals surface area (Å²) in [5, 5.41) is 6.02. The molecular formula is C26H26FN3O4S. The smallest absolute Gasteiger partial charge is 0.407 e. The van der Waals surface area contributed by atoms with Gasteiger partial charge in [-0.05, 0) is 48.1 Å². The lowest BCUT2D eigenvalue weighted by atomic mass is 9.96. The van der Waals surface area contributed by atoms with Crippen LogP contribution in [0.15, 0.2) is 46.6 Å². The zero-order chi connectivity index (χ0) is 24.5. The highest BCUT2D eigenvalue weighted by atomic mass is 32.1. The Hall–Kier alpha value is -3.43. The minimum atomic E-state index is -0.419. The Morgan fingerprint density at radius 2 is 2.03 bits per heavy atom. The van der Waals surface area contributed by atoms with E-state index in [4.69, 9.17) is 9.47 Å². The highest BCUT2D eigenvalue weighted by Gasteiger charge is 2.23. The third-order valence-electron chi connectivity index (χ3n) is 6.52. The number of ether oxygens (including phenoxy) is 2. The third-order valence-corrected chi connectivity index (χ3v) is 7.44. The second-order valence-corrected chi connectivity index (χ2v) is 9.54. The summed E-state index contributed by atoms with van der Waals surface area (Å²) in [6, 6.07) is 10.8. The molecule has 35 heavy (non-hydrogen) atoms. The van der Waals surface area contributed by atoms with E-state index in [1.54, 1.807) is 20.2 Å². The van der Waals surface area contributed by atoms with Gasteiger partial charge in [-0.25, -0.2) is 9.18 Å². The van der Waals surface area contributed by atoms with Gasteiger partial charge in [0.1, 0.15) is 22.4 Å². The number of carbonyl (C=O) groups excluding carboxylic acids is 1. The van der Waals surface area contributed by atoms with Gasteiger partial charge in [-0.1, -0.05) is 12.1 Å². The van der Waals surface area contributed by atoms with E-state index in [9.17, 15) is 9.59 Å². The summed E-state index contributed by atoms with van der Waals surface area (Å²) >= 11 is 1.38. The Labute approximate surface area is 205 Å². The lowest BCUT2D eigenvalue weighted by Crippen LogP contribution is -2.38. The number of thiophene rings is 1. The first-order valence-corrected chi connectivity index (χ1v) is 12.4. The normalized spacial score (nSPS) is 14.9. The van der Waals surface area contributed by atoms with E-state index in [-0.39, 0.29) is 17.5 Å². The third kappa shape index (κ3) is 4.49. The van der Waals surface area contributed by atoms with Gasteiger partial charge in [-0.2, -0.15) is 0 Å². The molecule has 2 aromatic heterocycles. The van der Waals surface area contributed by atoms with E-state index in [0.717, 1.165) is 42.3 Å². The summed E-state index contributed by atoms with van der Waals surface area (Å²) in [7, 11) is 3.13. The van der Waals surface area contributed by atoms with E-state index in [1.165, 1.54) is 17.4 Å². The number of methoxy groups -OCH3 is 1. The fraction of sp³-hybridized carbons (Fsp3) is 0.308. The van der Waals surface area contributed by atoms with E-state index < -0.39 is 6.09 Å². The average Bonchev–Trinajstić information content (AvgIpc) is 3.36. The predicted octanol–water partition coefficient (Wildman–Crippen LogP) is 4.88. The van der Waals surface area contributed by atoms with Gasteiger partial charge in [0.2, 0.25) is 0 Å². The Kier molecular flexibility index (Phi) is 6.44. The van der Waals surface area contributed by atoms with Crippen molar-refractivity contribution in [3.05, 3.63) is 63.5 Å². The molecule has 7 nitrogen and oxygen atoms in total. The molecule has 0 unspecified atom stereocenters. The number of H-pyrrole nitrogens is 1. The van der Waals surface area contributed by atoms with Gasteiger partial charge in [0.25, 0.3) is 5.56 Å². The molecule has 3 heterocycles. The molecule has 1 amide bonds. The van der Waals surface area contributed by atoms with Crippen molar-refractivity contribution in [1.29, 1.82) is 0 Å². The number of rotatable bonds is 5. The second kappa shape index (κ2) is 9.67. The van der Waals surface area contributed by atoms with Gasteiger partial charge in [0, 0.05) is 54.1 Å². The number of halogens is 1. The quantitative estimate of drug-likeness (QED) is 0.412. The summed E-state index contributed by atoms with van der Waals surface area (Å²) in [5.74, 6) is 0.318. The van der Waals surface area contributed by atoms with Gasteiger partial charge in [0.15, 0.2) is 0 Å². The van der Waals surface area contributed by atoms with Crippen molar-refractivity contribution in [3.8, 4) is 16.9 Å². The van der Waals surface area contributed by atoms with Gasteiger partial charge in [-0.15, -0.1) is 11.3 Å². The van der Waals surface area contributed by atoms with Gasteiger partial charge in [-0.3, -0.25) is 9.69 Å². The molecule has 0 aliphatic carbocycles. The maximum atomic E-state index is 15.3. The molecular weight excluding hydrogens is 469 g/mol. The number of amides is 1. The van der Waals surface area contributed by atoms with Crippen molar-refractivity contribution in [2.75, 3.05) is 27.2 Å². The van der Waals surface area contributed by atoms with Crippen LogP contribution < -0.4 is 15.6 Å². The molecule has 0 atom stereocenters. The molecule has 2 aromatic carbocycles. The zero-order valence-corrected chi connectivity index (χ0v) is 20.3. The van der Waals surface area contributed by atoms with Crippen molar-refractivity contribution >= 4 is 38.4 Å². The van der Waals surface area contributed by atoms with E-state index in [2.05, 4.69) is 15.2 Å². The van der Waals surface area contributed by atoms with Crippen molar-refractivity contribution in [2.24, 2.45) is 0 Å². The molecule has 0 spiro atoms. The minimum absolute atomic E-state index is 0.113. The van der Waals surface area contributed by atoms with Gasteiger partial charge < -0.3 is 19.8 Å². The number of alkyl carbamates (subject to hydrolysis) is 1. The van der Waals surface area contributed by atoms with Crippen LogP contribution in [0.3, 0.4) is 0 Å². The van der Waals surface area contributed by atoms with Crippen molar-refractivity contribution in [3.63, 3.8) is 0 Å². The number of piperidine rings is 1. The molecule has 1 saturated heterocycles. The van der Waals surface area contributed by atoms with Crippen LogP contribution in [0, 0.1) is 5.82 Å².